The van der Waals surface area contributed by atoms with Crippen LogP contribution in [-0.4, -0.2) is 17.3 Å². The van der Waals surface area contributed by atoms with Crippen LogP contribution in [0, 0.1) is 0 Å². The number of hydrogen-bond acceptors (Lipinski definition) is 4. The van der Waals surface area contributed by atoms with E-state index < -0.39 is 0 Å². The van der Waals surface area contributed by atoms with E-state index in [0.29, 0.717) is 18.8 Å². The highest BCUT2D eigenvalue weighted by atomic mass is 16.5. The fourth-order valence-corrected chi connectivity index (χ4v) is 1.32. The molecule has 0 fully saturated rings. The van der Waals surface area contributed by atoms with Gasteiger partial charge in [-0.15, -0.1) is 0 Å². The van der Waals surface area contributed by atoms with Crippen LogP contribution in [0.4, 0.5) is 0 Å². The summed E-state index contributed by atoms with van der Waals surface area (Å²) in [6.07, 6.45) is 1.56. The van der Waals surface area contributed by atoms with Crippen LogP contribution >= 0.6 is 0 Å². The molecular formula is C9H10N2O2. The molecule has 0 atom stereocenters. The third-order valence-electron chi connectivity index (χ3n) is 2.06. The highest BCUT2D eigenvalue weighted by Crippen LogP contribution is 2.18. The lowest BCUT2D eigenvalue weighted by molar-refractivity contribution is 0.100. The number of ether oxygens (including phenoxy) is 1. The smallest absolute Gasteiger partial charge is 0.177 e. The summed E-state index contributed by atoms with van der Waals surface area (Å²) in [5.41, 5.74) is 7.74. The van der Waals surface area contributed by atoms with Crippen LogP contribution in [0.3, 0.4) is 0 Å². The first-order valence-electron chi connectivity index (χ1n) is 4.10. The second-order valence-corrected chi connectivity index (χ2v) is 2.95. The second kappa shape index (κ2) is 3.24. The maximum Gasteiger partial charge on any atom is 0.177 e. The molecule has 1 aromatic rings. The van der Waals surface area contributed by atoms with Crippen molar-refractivity contribution in [1.82, 2.24) is 4.98 Å². The highest BCUT2D eigenvalue weighted by molar-refractivity contribution is 5.97. The third kappa shape index (κ3) is 1.46. The number of nitrogens with two attached hydrogens (primary N) is 1. The fourth-order valence-electron chi connectivity index (χ4n) is 1.32. The summed E-state index contributed by atoms with van der Waals surface area (Å²) in [4.78, 5) is 15.3. The molecule has 1 aromatic heterocycles. The summed E-state index contributed by atoms with van der Waals surface area (Å²) in [5, 5.41) is 0. The summed E-state index contributed by atoms with van der Waals surface area (Å²) >= 11 is 0. The Balaban J connectivity index is 2.36. The molecule has 2 N–H and O–H groups in total. The first-order chi connectivity index (χ1) is 6.31. The Bertz CT molecular complexity index is 349. The Morgan fingerprint density at radius 2 is 2.46 bits per heavy atom. The summed E-state index contributed by atoms with van der Waals surface area (Å²) in [5.74, 6) is -0.0813. The lowest BCUT2D eigenvalue weighted by Gasteiger charge is -1.99. The molecule has 0 saturated carbocycles. The quantitative estimate of drug-likeness (QED) is 0.659. The lowest BCUT2D eigenvalue weighted by Crippen LogP contribution is -2.14. The normalized spacial score (nSPS) is 14.2. The number of fused-ring (bicyclic) bond motifs is 1. The van der Waals surface area contributed by atoms with Gasteiger partial charge < -0.3 is 10.5 Å². The van der Waals surface area contributed by atoms with Gasteiger partial charge in [0.2, 0.25) is 0 Å². The molecule has 68 valence electrons. The van der Waals surface area contributed by atoms with E-state index in [1.807, 2.05) is 6.07 Å². The van der Waals surface area contributed by atoms with Crippen LogP contribution < -0.4 is 5.73 Å². The molecule has 0 radical (unpaired) electrons. The van der Waals surface area contributed by atoms with Gasteiger partial charge in [0.25, 0.3) is 0 Å². The minimum atomic E-state index is -0.0813. The monoisotopic (exact) mass is 178 g/mol. The standard InChI is InChI=1S/C9H10N2O2/c10-2-9(12)6-1-7-4-13-5-8(7)11-3-6/h1,3H,2,4-5,10H2. The molecule has 4 nitrogen and oxygen atoms in total. The van der Waals surface area contributed by atoms with Crippen LogP contribution in [0.2, 0.25) is 0 Å². The largest absolute Gasteiger partial charge is 0.370 e. The van der Waals surface area contributed by atoms with E-state index >= 15 is 0 Å². The van der Waals surface area contributed by atoms with Crippen molar-refractivity contribution in [3.8, 4) is 0 Å². The Labute approximate surface area is 75.7 Å². The van der Waals surface area contributed by atoms with Crippen molar-refractivity contribution in [2.75, 3.05) is 6.54 Å². The van der Waals surface area contributed by atoms with Crippen LogP contribution in [0.1, 0.15) is 21.6 Å². The molecule has 4 heteroatoms. The van der Waals surface area contributed by atoms with Gasteiger partial charge in [-0.25, -0.2) is 0 Å². The third-order valence-corrected chi connectivity index (χ3v) is 2.06. The van der Waals surface area contributed by atoms with Crippen LogP contribution in [-0.2, 0) is 18.0 Å². The number of nitrogens with zero attached hydrogens (tertiary/aromatic N) is 1. The topological polar surface area (TPSA) is 65.2 Å². The van der Waals surface area contributed by atoms with E-state index in [0.717, 1.165) is 11.3 Å². The number of Topliss-reactive ketones (excluding diaryl/α,β-unsaturated/α-hetero) is 1. The SMILES string of the molecule is NCC(=O)c1cnc2c(c1)COC2. The minimum absolute atomic E-state index is 0.0291. The first-order valence-corrected chi connectivity index (χ1v) is 4.10. The fraction of sp³-hybridized carbons (Fsp3) is 0.333. The van der Waals surface area contributed by atoms with E-state index in [-0.39, 0.29) is 12.3 Å². The molecule has 2 rings (SSSR count). The van der Waals surface area contributed by atoms with E-state index in [9.17, 15) is 4.79 Å². The van der Waals surface area contributed by atoms with Gasteiger partial charge in [0, 0.05) is 17.3 Å². The molecule has 2 heterocycles. The summed E-state index contributed by atoms with van der Waals surface area (Å²) < 4.78 is 5.18. The molecule has 0 bridgehead atoms. The van der Waals surface area contributed by atoms with Crippen LogP contribution in [0.25, 0.3) is 0 Å². The Morgan fingerprint density at radius 1 is 1.62 bits per heavy atom. The number of carbonyl (C=O) groups is 1. The second-order valence-electron chi connectivity index (χ2n) is 2.95. The first kappa shape index (κ1) is 8.34. The number of aromatic nitrogens is 1. The average molecular weight is 178 g/mol. The van der Waals surface area contributed by atoms with Gasteiger partial charge in [0.1, 0.15) is 0 Å². The van der Waals surface area contributed by atoms with Gasteiger partial charge in [-0.1, -0.05) is 0 Å². The zero-order valence-electron chi connectivity index (χ0n) is 7.12. The van der Waals surface area contributed by atoms with Crippen molar-refractivity contribution >= 4 is 5.78 Å². The average Bonchev–Trinajstić information content (AvgIpc) is 2.63. The van der Waals surface area contributed by atoms with Crippen molar-refractivity contribution in [3.63, 3.8) is 0 Å². The predicted octanol–water partition coefficient (Wildman–Crippen LogP) is 0.253. The summed E-state index contributed by atoms with van der Waals surface area (Å²) in [6.45, 7) is 1.13. The maximum atomic E-state index is 11.2. The van der Waals surface area contributed by atoms with Gasteiger partial charge in [-0.2, -0.15) is 0 Å². The number of ketones is 1. The molecule has 1 aliphatic rings. The van der Waals surface area contributed by atoms with Crippen LogP contribution in [0.5, 0.6) is 0 Å². The van der Waals surface area contributed by atoms with Crippen molar-refractivity contribution in [2.45, 2.75) is 13.2 Å². The zero-order chi connectivity index (χ0) is 9.26. The summed E-state index contributed by atoms with van der Waals surface area (Å²) in [7, 11) is 0. The number of pyridine rings is 1. The highest BCUT2D eigenvalue weighted by Gasteiger charge is 2.14. The molecule has 0 saturated heterocycles. The molecule has 0 aliphatic carbocycles. The maximum absolute atomic E-state index is 11.2. The molecule has 0 amide bonds. The van der Waals surface area contributed by atoms with Crippen molar-refractivity contribution < 1.29 is 9.53 Å². The Kier molecular flexibility index (Phi) is 2.08. The number of carbonyl (C=O) groups excluding carboxylic acids is 1. The molecule has 0 spiro atoms. The number of rotatable bonds is 2. The Morgan fingerprint density at radius 3 is 3.23 bits per heavy atom. The molecule has 0 aromatic carbocycles. The minimum Gasteiger partial charge on any atom is -0.370 e. The predicted molar refractivity (Wildman–Crippen MR) is 46.1 cm³/mol. The van der Waals surface area contributed by atoms with Crippen molar-refractivity contribution in [2.24, 2.45) is 5.73 Å². The van der Waals surface area contributed by atoms with Gasteiger partial charge in [-0.3, -0.25) is 9.78 Å². The van der Waals surface area contributed by atoms with Crippen molar-refractivity contribution in [1.29, 1.82) is 0 Å². The Hall–Kier alpha value is -1.26. The molecule has 1 aliphatic heterocycles. The number of hydrogen-bond donors (Lipinski definition) is 1. The molecule has 13 heavy (non-hydrogen) atoms. The van der Waals surface area contributed by atoms with Gasteiger partial charge in [0.05, 0.1) is 25.5 Å². The molecular weight excluding hydrogens is 168 g/mol. The van der Waals surface area contributed by atoms with Gasteiger partial charge in [0.15, 0.2) is 5.78 Å². The van der Waals surface area contributed by atoms with E-state index in [4.69, 9.17) is 10.5 Å². The van der Waals surface area contributed by atoms with Crippen molar-refractivity contribution in [3.05, 3.63) is 29.1 Å². The van der Waals surface area contributed by atoms with E-state index in [1.165, 1.54) is 0 Å². The zero-order valence-corrected chi connectivity index (χ0v) is 7.12. The lowest BCUT2D eigenvalue weighted by atomic mass is 10.1. The summed E-state index contributed by atoms with van der Waals surface area (Å²) in [6, 6.07) is 1.81. The van der Waals surface area contributed by atoms with E-state index in [2.05, 4.69) is 4.98 Å². The van der Waals surface area contributed by atoms with Gasteiger partial charge >= 0.3 is 0 Å². The van der Waals surface area contributed by atoms with Crippen LogP contribution in [0.15, 0.2) is 12.3 Å². The van der Waals surface area contributed by atoms with E-state index in [1.54, 1.807) is 6.20 Å². The molecule has 0 unspecified atom stereocenters. The van der Waals surface area contributed by atoms with Gasteiger partial charge in [-0.05, 0) is 6.07 Å².